The molecule has 1 atom stereocenters. The van der Waals surface area contributed by atoms with Crippen LogP contribution in [0.4, 0.5) is 0 Å². The molecule has 3 heterocycles. The summed E-state index contributed by atoms with van der Waals surface area (Å²) in [6.45, 7) is 3.03. The lowest BCUT2D eigenvalue weighted by atomic mass is 9.87. The molecule has 0 bridgehead atoms. The highest BCUT2D eigenvalue weighted by molar-refractivity contribution is 5.98. The smallest absolute Gasteiger partial charge is 0.253 e. The number of rotatable bonds is 6. The fourth-order valence-electron chi connectivity index (χ4n) is 5.00. The van der Waals surface area contributed by atoms with Crippen LogP contribution in [0.1, 0.15) is 33.6 Å². The molecule has 5 rings (SSSR count). The Morgan fingerprint density at radius 3 is 2.43 bits per heavy atom. The van der Waals surface area contributed by atoms with Gasteiger partial charge in [0.25, 0.3) is 11.8 Å². The number of piperidine rings is 1. The maximum absolute atomic E-state index is 13.6. The lowest BCUT2D eigenvalue weighted by molar-refractivity contribution is -0.139. The number of morpholine rings is 1. The number of amides is 3. The highest BCUT2D eigenvalue weighted by atomic mass is 16.7. The minimum Gasteiger partial charge on any atom is -0.497 e. The molecule has 0 radical (unpaired) electrons. The van der Waals surface area contributed by atoms with Crippen LogP contribution in [0.25, 0.3) is 0 Å². The van der Waals surface area contributed by atoms with E-state index in [0.717, 1.165) is 0 Å². The van der Waals surface area contributed by atoms with E-state index in [1.165, 1.54) is 0 Å². The summed E-state index contributed by atoms with van der Waals surface area (Å²) in [5.41, 5.74) is 0.963. The Hall–Kier alpha value is -3.79. The van der Waals surface area contributed by atoms with Crippen LogP contribution in [0.3, 0.4) is 0 Å². The van der Waals surface area contributed by atoms with E-state index in [9.17, 15) is 14.4 Å². The second-order valence-electron chi connectivity index (χ2n) is 9.32. The molecule has 2 saturated heterocycles. The summed E-state index contributed by atoms with van der Waals surface area (Å²) in [6.07, 6.45) is 1.19. The van der Waals surface area contributed by atoms with Gasteiger partial charge in [0.15, 0.2) is 11.5 Å². The lowest BCUT2D eigenvalue weighted by Crippen LogP contribution is -2.56. The summed E-state index contributed by atoms with van der Waals surface area (Å²) in [5, 5.41) is 2.99. The minimum atomic E-state index is -0.704. The molecule has 0 saturated carbocycles. The largest absolute Gasteiger partial charge is 0.497 e. The van der Waals surface area contributed by atoms with E-state index < -0.39 is 6.04 Å². The molecule has 3 amide bonds. The summed E-state index contributed by atoms with van der Waals surface area (Å²) < 4.78 is 21.4. The highest BCUT2D eigenvalue weighted by Gasteiger charge is 2.37. The van der Waals surface area contributed by atoms with E-state index in [2.05, 4.69) is 5.32 Å². The van der Waals surface area contributed by atoms with Gasteiger partial charge >= 0.3 is 0 Å². The Labute approximate surface area is 215 Å². The van der Waals surface area contributed by atoms with Gasteiger partial charge in [-0.1, -0.05) is 6.07 Å². The number of likely N-dealkylation sites (tertiary alicyclic amines) is 1. The van der Waals surface area contributed by atoms with Gasteiger partial charge in [-0.3, -0.25) is 14.4 Å². The number of benzene rings is 2. The number of carbonyl (C=O) groups excluding carboxylic acids is 3. The number of hydrogen-bond donors (Lipinski definition) is 1. The van der Waals surface area contributed by atoms with Crippen molar-refractivity contribution in [2.24, 2.45) is 5.92 Å². The van der Waals surface area contributed by atoms with Crippen LogP contribution in [-0.4, -0.2) is 86.9 Å². The summed E-state index contributed by atoms with van der Waals surface area (Å²) in [6, 6.07) is 11.4. The first-order valence-electron chi connectivity index (χ1n) is 12.5. The molecule has 0 aliphatic carbocycles. The second-order valence-corrected chi connectivity index (χ2v) is 9.32. The van der Waals surface area contributed by atoms with E-state index in [1.54, 1.807) is 59.4 Å². The van der Waals surface area contributed by atoms with Crippen LogP contribution < -0.4 is 19.5 Å². The molecule has 2 aromatic rings. The van der Waals surface area contributed by atoms with Crippen LogP contribution >= 0.6 is 0 Å². The van der Waals surface area contributed by atoms with Crippen LogP contribution in [0.5, 0.6) is 17.2 Å². The monoisotopic (exact) mass is 509 g/mol. The van der Waals surface area contributed by atoms with Crippen LogP contribution in [0.15, 0.2) is 42.5 Å². The molecule has 3 aliphatic heterocycles. The van der Waals surface area contributed by atoms with Gasteiger partial charge in [0, 0.05) is 37.3 Å². The normalized spacial score (nSPS) is 18.3. The second kappa shape index (κ2) is 11.1. The number of hydrogen-bond acceptors (Lipinski definition) is 7. The molecule has 2 fully saturated rings. The molecule has 10 nitrogen and oxygen atoms in total. The predicted molar refractivity (Wildman–Crippen MR) is 133 cm³/mol. The minimum absolute atomic E-state index is 0.0715. The molecule has 10 heteroatoms. The zero-order valence-electron chi connectivity index (χ0n) is 20.8. The molecule has 0 aromatic heterocycles. The van der Waals surface area contributed by atoms with Gasteiger partial charge < -0.3 is 34.1 Å². The number of nitrogens with one attached hydrogen (secondary N) is 1. The Kier molecular flexibility index (Phi) is 7.45. The highest BCUT2D eigenvalue weighted by Crippen LogP contribution is 2.33. The third-order valence-corrected chi connectivity index (χ3v) is 7.13. The number of nitrogens with zero attached hydrogens (tertiary/aromatic N) is 2. The molecule has 3 aliphatic rings. The number of methoxy groups -OCH3 is 1. The average Bonchev–Trinajstić information content (AvgIpc) is 3.44. The Balaban J connectivity index is 1.29. The quantitative estimate of drug-likeness (QED) is 0.634. The van der Waals surface area contributed by atoms with Crippen LogP contribution in [-0.2, 0) is 9.53 Å². The number of carbonyl (C=O) groups is 3. The third kappa shape index (κ3) is 5.48. The van der Waals surface area contributed by atoms with Crippen LogP contribution in [0.2, 0.25) is 0 Å². The molecular weight excluding hydrogens is 478 g/mol. The first-order valence-corrected chi connectivity index (χ1v) is 12.5. The lowest BCUT2D eigenvalue weighted by Gasteiger charge is -2.38. The fraction of sp³-hybridized carbons (Fsp3) is 0.444. The molecule has 1 N–H and O–H groups in total. The van der Waals surface area contributed by atoms with E-state index in [4.69, 9.17) is 18.9 Å². The van der Waals surface area contributed by atoms with Crippen molar-refractivity contribution in [1.82, 2.24) is 15.1 Å². The summed E-state index contributed by atoms with van der Waals surface area (Å²) in [4.78, 5) is 43.4. The summed E-state index contributed by atoms with van der Waals surface area (Å²) in [5.74, 6) is 1.08. The Morgan fingerprint density at radius 2 is 1.68 bits per heavy atom. The van der Waals surface area contributed by atoms with Crippen molar-refractivity contribution >= 4 is 17.7 Å². The Morgan fingerprint density at radius 1 is 0.919 bits per heavy atom. The van der Waals surface area contributed by atoms with E-state index in [-0.39, 0.29) is 30.4 Å². The van der Waals surface area contributed by atoms with Crippen molar-refractivity contribution in [2.45, 2.75) is 18.9 Å². The maximum Gasteiger partial charge on any atom is 0.253 e. The zero-order chi connectivity index (χ0) is 25.8. The van der Waals surface area contributed by atoms with Crippen molar-refractivity contribution in [2.75, 3.05) is 53.3 Å². The topological polar surface area (TPSA) is 107 Å². The molecule has 196 valence electrons. The van der Waals surface area contributed by atoms with E-state index in [1.807, 2.05) is 0 Å². The molecular formula is C27H31N3O7. The van der Waals surface area contributed by atoms with Crippen LogP contribution in [0, 0.1) is 5.92 Å². The predicted octanol–water partition coefficient (Wildman–Crippen LogP) is 1.93. The van der Waals surface area contributed by atoms with Crippen molar-refractivity contribution in [3.8, 4) is 17.2 Å². The zero-order valence-corrected chi connectivity index (χ0v) is 20.8. The average molecular weight is 510 g/mol. The summed E-state index contributed by atoms with van der Waals surface area (Å²) >= 11 is 0. The molecule has 2 aromatic carbocycles. The molecule has 1 unspecified atom stereocenters. The van der Waals surface area contributed by atoms with Gasteiger partial charge in [0.1, 0.15) is 11.8 Å². The van der Waals surface area contributed by atoms with E-state index in [0.29, 0.717) is 80.6 Å². The van der Waals surface area contributed by atoms with Crippen molar-refractivity contribution in [1.29, 1.82) is 0 Å². The van der Waals surface area contributed by atoms with Crippen molar-refractivity contribution < 1.29 is 33.3 Å². The molecule has 0 spiro atoms. The van der Waals surface area contributed by atoms with Gasteiger partial charge in [-0.15, -0.1) is 0 Å². The van der Waals surface area contributed by atoms with Gasteiger partial charge in [0.05, 0.1) is 20.3 Å². The van der Waals surface area contributed by atoms with Gasteiger partial charge in [-0.05, 0) is 55.2 Å². The van der Waals surface area contributed by atoms with Gasteiger partial charge in [0.2, 0.25) is 12.7 Å². The summed E-state index contributed by atoms with van der Waals surface area (Å²) in [7, 11) is 1.57. The van der Waals surface area contributed by atoms with Crippen molar-refractivity contribution in [3.63, 3.8) is 0 Å². The Bertz CT molecular complexity index is 1160. The molecule has 37 heavy (non-hydrogen) atoms. The van der Waals surface area contributed by atoms with Crippen molar-refractivity contribution in [3.05, 3.63) is 53.6 Å². The first kappa shape index (κ1) is 24.9. The third-order valence-electron chi connectivity index (χ3n) is 7.13. The number of ether oxygens (including phenoxy) is 4. The van der Waals surface area contributed by atoms with Gasteiger partial charge in [-0.25, -0.2) is 0 Å². The maximum atomic E-state index is 13.6. The SMILES string of the molecule is COc1cccc(C(=O)N2CCC(C(NC(=O)c3ccc4c(c3)OCO4)C(=O)N3CCOCC3)CC2)c1. The standard InChI is InChI=1S/C27H31N3O7/c1-34-21-4-2-3-20(15-21)26(32)29-9-7-18(8-10-29)24(27(33)30-11-13-35-14-12-30)28-25(31)19-5-6-22-23(16-19)37-17-36-22/h2-6,15-16,18,24H,7-14,17H2,1H3,(H,28,31). The van der Waals surface area contributed by atoms with Gasteiger partial charge in [-0.2, -0.15) is 0 Å². The van der Waals surface area contributed by atoms with E-state index >= 15 is 0 Å². The fourth-order valence-corrected chi connectivity index (χ4v) is 5.00. The first-order chi connectivity index (χ1) is 18.0. The number of fused-ring (bicyclic) bond motifs is 1.